The van der Waals surface area contributed by atoms with Gasteiger partial charge in [-0.05, 0) is 25.0 Å². The maximum Gasteiger partial charge on any atom is 0.231 e. The fourth-order valence-corrected chi connectivity index (χ4v) is 2.56. The minimum atomic E-state index is 0.380. The minimum absolute atomic E-state index is 0.380. The minimum Gasteiger partial charge on any atom is -0.367 e. The van der Waals surface area contributed by atoms with Crippen molar-refractivity contribution in [3.63, 3.8) is 0 Å². The lowest BCUT2D eigenvalue weighted by Gasteiger charge is -2.07. The van der Waals surface area contributed by atoms with Crippen LogP contribution in [0.5, 0.6) is 0 Å². The number of aromatic nitrogens is 2. The van der Waals surface area contributed by atoms with E-state index < -0.39 is 0 Å². The van der Waals surface area contributed by atoms with Crippen LogP contribution in [0.2, 0.25) is 0 Å². The Morgan fingerprint density at radius 2 is 2.06 bits per heavy atom. The molecule has 0 aliphatic heterocycles. The predicted molar refractivity (Wildman–Crippen MR) is 65.4 cm³/mol. The second kappa shape index (κ2) is 4.20. The summed E-state index contributed by atoms with van der Waals surface area (Å²) in [6.45, 7) is 0. The van der Waals surface area contributed by atoms with Gasteiger partial charge < -0.3 is 10.3 Å². The van der Waals surface area contributed by atoms with Crippen LogP contribution < -0.4 is 5.73 Å². The summed E-state index contributed by atoms with van der Waals surface area (Å²) in [6.07, 6.45) is 6.63. The Balaban J connectivity index is 2.06. The molecule has 0 atom stereocenters. The first-order chi connectivity index (χ1) is 8.36. The van der Waals surface area contributed by atoms with Crippen LogP contribution in [0.4, 0.5) is 5.88 Å². The normalized spacial score (nSPS) is 16.5. The highest BCUT2D eigenvalue weighted by atomic mass is 16.5. The second-order valence-electron chi connectivity index (χ2n) is 4.50. The summed E-state index contributed by atoms with van der Waals surface area (Å²) >= 11 is 0. The predicted octanol–water partition coefficient (Wildman–Crippen LogP) is 2.98. The molecule has 1 fully saturated rings. The average Bonchev–Trinajstić information content (AvgIpc) is 2.98. The highest BCUT2D eigenvalue weighted by Gasteiger charge is 2.26. The number of nitrogens with zero attached hydrogens (tertiary/aromatic N) is 2. The van der Waals surface area contributed by atoms with E-state index in [4.69, 9.17) is 10.3 Å². The molecule has 0 unspecified atom stereocenters. The molecule has 2 aromatic rings. The Kier molecular flexibility index (Phi) is 2.55. The van der Waals surface area contributed by atoms with Gasteiger partial charge in [-0.25, -0.2) is 0 Å². The maximum atomic E-state index is 5.87. The molecule has 2 aromatic heterocycles. The Hall–Kier alpha value is -1.84. The number of hydrogen-bond donors (Lipinski definition) is 1. The molecule has 1 aliphatic rings. The lowest BCUT2D eigenvalue weighted by atomic mass is 9.98. The van der Waals surface area contributed by atoms with E-state index in [0.717, 1.165) is 17.0 Å². The van der Waals surface area contributed by atoms with E-state index >= 15 is 0 Å². The van der Waals surface area contributed by atoms with Crippen LogP contribution in [0.3, 0.4) is 0 Å². The van der Waals surface area contributed by atoms with E-state index in [9.17, 15) is 0 Å². The lowest BCUT2D eigenvalue weighted by Crippen LogP contribution is -1.97. The van der Waals surface area contributed by atoms with Gasteiger partial charge in [0.2, 0.25) is 5.88 Å². The molecule has 4 nitrogen and oxygen atoms in total. The Morgan fingerprint density at radius 1 is 1.24 bits per heavy atom. The highest BCUT2D eigenvalue weighted by Crippen LogP contribution is 2.40. The van der Waals surface area contributed by atoms with Crippen molar-refractivity contribution < 1.29 is 4.52 Å². The summed E-state index contributed by atoms with van der Waals surface area (Å²) in [5.74, 6) is 0.860. The first-order valence-corrected chi connectivity index (χ1v) is 6.02. The number of nitrogen functional groups attached to an aromatic ring is 1. The Labute approximate surface area is 99.8 Å². The number of anilines is 1. The van der Waals surface area contributed by atoms with Crippen molar-refractivity contribution in [3.8, 4) is 11.3 Å². The van der Waals surface area contributed by atoms with E-state index in [1.54, 1.807) is 6.20 Å². The van der Waals surface area contributed by atoms with Crippen molar-refractivity contribution in [1.82, 2.24) is 10.1 Å². The third kappa shape index (κ3) is 1.79. The van der Waals surface area contributed by atoms with Gasteiger partial charge >= 0.3 is 0 Å². The smallest absolute Gasteiger partial charge is 0.231 e. The first kappa shape index (κ1) is 10.3. The van der Waals surface area contributed by atoms with Crippen LogP contribution in [0, 0.1) is 0 Å². The fraction of sp³-hybridized carbons (Fsp3) is 0.385. The van der Waals surface area contributed by atoms with Crippen LogP contribution in [-0.4, -0.2) is 10.1 Å². The molecule has 0 radical (unpaired) electrons. The van der Waals surface area contributed by atoms with Crippen molar-refractivity contribution >= 4 is 5.88 Å². The van der Waals surface area contributed by atoms with E-state index in [1.165, 1.54) is 25.7 Å². The molecule has 2 heterocycles. The van der Waals surface area contributed by atoms with E-state index in [-0.39, 0.29) is 0 Å². The molecular formula is C13H15N3O. The molecule has 0 saturated heterocycles. The summed E-state index contributed by atoms with van der Waals surface area (Å²) in [6, 6.07) is 5.79. The third-order valence-corrected chi connectivity index (χ3v) is 3.41. The fourth-order valence-electron chi connectivity index (χ4n) is 2.56. The first-order valence-electron chi connectivity index (χ1n) is 6.02. The molecular weight excluding hydrogens is 214 g/mol. The zero-order chi connectivity index (χ0) is 11.7. The van der Waals surface area contributed by atoms with Crippen LogP contribution >= 0.6 is 0 Å². The van der Waals surface area contributed by atoms with Gasteiger partial charge in [0, 0.05) is 12.1 Å². The zero-order valence-corrected chi connectivity index (χ0v) is 9.60. The number of hydrogen-bond acceptors (Lipinski definition) is 4. The second-order valence-corrected chi connectivity index (χ2v) is 4.50. The van der Waals surface area contributed by atoms with E-state index in [0.29, 0.717) is 11.8 Å². The number of pyridine rings is 1. The molecule has 0 amide bonds. The third-order valence-electron chi connectivity index (χ3n) is 3.41. The molecule has 1 aliphatic carbocycles. The standard InChI is InChI=1S/C13H15N3O/c14-13-11(10-7-3-4-8-15-10)12(16-17-13)9-5-1-2-6-9/h3-4,7-9H,1-2,5-6,14H2. The molecule has 2 N–H and O–H groups in total. The number of nitrogens with two attached hydrogens (primary N) is 1. The molecule has 17 heavy (non-hydrogen) atoms. The van der Waals surface area contributed by atoms with Gasteiger partial charge in [-0.3, -0.25) is 4.98 Å². The van der Waals surface area contributed by atoms with Gasteiger partial charge in [0.05, 0.1) is 17.0 Å². The van der Waals surface area contributed by atoms with Crippen LogP contribution in [0.25, 0.3) is 11.3 Å². The van der Waals surface area contributed by atoms with Crippen molar-refractivity contribution in [1.29, 1.82) is 0 Å². The average molecular weight is 229 g/mol. The molecule has 3 rings (SSSR count). The molecule has 0 bridgehead atoms. The summed E-state index contributed by atoms with van der Waals surface area (Å²) in [5.41, 5.74) is 8.60. The van der Waals surface area contributed by atoms with Crippen molar-refractivity contribution in [3.05, 3.63) is 30.1 Å². The largest absolute Gasteiger partial charge is 0.367 e. The number of rotatable bonds is 2. The topological polar surface area (TPSA) is 64.9 Å². The monoisotopic (exact) mass is 229 g/mol. The Morgan fingerprint density at radius 3 is 2.76 bits per heavy atom. The molecule has 1 saturated carbocycles. The maximum absolute atomic E-state index is 5.87. The van der Waals surface area contributed by atoms with Gasteiger partial charge in [-0.1, -0.05) is 24.1 Å². The summed E-state index contributed by atoms with van der Waals surface area (Å²) in [4.78, 5) is 4.33. The van der Waals surface area contributed by atoms with Crippen molar-refractivity contribution in [2.45, 2.75) is 31.6 Å². The van der Waals surface area contributed by atoms with Crippen LogP contribution in [0.15, 0.2) is 28.9 Å². The summed E-state index contributed by atoms with van der Waals surface area (Å²) in [7, 11) is 0. The highest BCUT2D eigenvalue weighted by molar-refractivity contribution is 5.72. The summed E-state index contributed by atoms with van der Waals surface area (Å²) < 4.78 is 5.15. The zero-order valence-electron chi connectivity index (χ0n) is 9.60. The van der Waals surface area contributed by atoms with Gasteiger partial charge in [0.1, 0.15) is 0 Å². The van der Waals surface area contributed by atoms with Crippen LogP contribution in [-0.2, 0) is 0 Å². The molecule has 0 spiro atoms. The van der Waals surface area contributed by atoms with Crippen molar-refractivity contribution in [2.24, 2.45) is 0 Å². The van der Waals surface area contributed by atoms with Gasteiger partial charge in [0.25, 0.3) is 0 Å². The SMILES string of the molecule is Nc1onc(C2CCCC2)c1-c1ccccn1. The van der Waals surface area contributed by atoms with Gasteiger partial charge in [-0.15, -0.1) is 0 Å². The molecule has 88 valence electrons. The molecule has 0 aromatic carbocycles. The van der Waals surface area contributed by atoms with E-state index in [2.05, 4.69) is 10.1 Å². The van der Waals surface area contributed by atoms with Crippen LogP contribution in [0.1, 0.15) is 37.3 Å². The summed E-state index contributed by atoms with van der Waals surface area (Å²) in [5, 5.41) is 4.13. The Bertz CT molecular complexity index is 501. The quantitative estimate of drug-likeness (QED) is 0.859. The van der Waals surface area contributed by atoms with Gasteiger partial charge in [0.15, 0.2) is 0 Å². The molecule has 4 heteroatoms. The van der Waals surface area contributed by atoms with E-state index in [1.807, 2.05) is 18.2 Å². The van der Waals surface area contributed by atoms with Gasteiger partial charge in [-0.2, -0.15) is 0 Å². The van der Waals surface area contributed by atoms with Crippen molar-refractivity contribution in [2.75, 3.05) is 5.73 Å². The lowest BCUT2D eigenvalue weighted by molar-refractivity contribution is 0.420.